The highest BCUT2D eigenvalue weighted by atomic mass is 32.2. The zero-order chi connectivity index (χ0) is 26.3. The Morgan fingerprint density at radius 3 is 2.73 bits per heavy atom. The number of thiazole rings is 1. The normalized spacial score (nSPS) is 12.9. The number of rotatable bonds is 5. The molecule has 12 heteroatoms. The largest absolute Gasteiger partial charge is 0.612 e. The van der Waals surface area contributed by atoms with Crippen LogP contribution in [0.1, 0.15) is 21.6 Å². The van der Waals surface area contributed by atoms with Gasteiger partial charge in [0.25, 0.3) is 5.91 Å². The number of carbonyl (C=O) groups is 2. The molecule has 0 saturated carbocycles. The third-order valence-corrected chi connectivity index (χ3v) is 7.95. The van der Waals surface area contributed by atoms with Gasteiger partial charge in [0, 0.05) is 49.2 Å². The van der Waals surface area contributed by atoms with Crippen molar-refractivity contribution >= 4 is 39.6 Å². The second-order valence-corrected chi connectivity index (χ2v) is 10.9. The van der Waals surface area contributed by atoms with Crippen LogP contribution in [0.15, 0.2) is 47.6 Å². The van der Waals surface area contributed by atoms with Crippen molar-refractivity contribution in [3.05, 3.63) is 59.5 Å². The van der Waals surface area contributed by atoms with E-state index in [2.05, 4.69) is 15.3 Å². The van der Waals surface area contributed by atoms with Gasteiger partial charge in [-0.05, 0) is 48.3 Å². The van der Waals surface area contributed by atoms with E-state index in [1.807, 2.05) is 12.1 Å². The van der Waals surface area contributed by atoms with E-state index in [4.69, 9.17) is 9.84 Å². The van der Waals surface area contributed by atoms with E-state index in [1.165, 1.54) is 23.3 Å². The minimum Gasteiger partial charge on any atom is -0.612 e. The van der Waals surface area contributed by atoms with Gasteiger partial charge in [-0.25, -0.2) is 14.5 Å². The molecule has 1 unspecified atom stereocenters. The molecule has 1 aliphatic rings. The Labute approximate surface area is 220 Å². The topological polar surface area (TPSA) is 125 Å². The van der Waals surface area contributed by atoms with Crippen LogP contribution in [0, 0.1) is 0 Å². The number of fused-ring (bicyclic) bond motifs is 3. The van der Waals surface area contributed by atoms with Crippen LogP contribution in [-0.2, 0) is 28.8 Å². The Hall–Kier alpha value is -3.74. The summed E-state index contributed by atoms with van der Waals surface area (Å²) in [5.74, 6) is -0.180. The first kappa shape index (κ1) is 24.9. The standard InChI is InChI=1S/C25H24N6O4S2/c1-30(2)23(32)14-7-10-18(19(12-14)37(4)34)31-21-16(20(29-31)15-6-5-11-26-13-15)8-9-17-22(21)36-24(27-17)28-25(33)35-3/h5-7,10-13H,8-9H2,1-4H3,(H,27,28,33). The first-order valence-corrected chi connectivity index (χ1v) is 13.7. The molecule has 37 heavy (non-hydrogen) atoms. The van der Waals surface area contributed by atoms with Crippen molar-refractivity contribution in [2.24, 2.45) is 0 Å². The summed E-state index contributed by atoms with van der Waals surface area (Å²) in [5.41, 5.74) is 5.33. The monoisotopic (exact) mass is 536 g/mol. The molecule has 1 aliphatic carbocycles. The van der Waals surface area contributed by atoms with Crippen LogP contribution in [0.25, 0.3) is 27.5 Å². The maximum absolute atomic E-state index is 12.9. The summed E-state index contributed by atoms with van der Waals surface area (Å²) in [6, 6.07) is 8.95. The van der Waals surface area contributed by atoms with Crippen molar-refractivity contribution in [2.45, 2.75) is 17.7 Å². The maximum Gasteiger partial charge on any atom is 0.413 e. The molecule has 3 aromatic heterocycles. The predicted molar refractivity (Wildman–Crippen MR) is 142 cm³/mol. The van der Waals surface area contributed by atoms with Crippen LogP contribution in [0.5, 0.6) is 0 Å². The van der Waals surface area contributed by atoms with E-state index in [9.17, 15) is 14.1 Å². The molecule has 1 aromatic carbocycles. The van der Waals surface area contributed by atoms with Gasteiger partial charge in [-0.1, -0.05) is 11.3 Å². The summed E-state index contributed by atoms with van der Waals surface area (Å²) < 4.78 is 19.4. The number of anilines is 1. The minimum atomic E-state index is -1.41. The molecule has 0 spiro atoms. The average Bonchev–Trinajstić information content (AvgIpc) is 3.49. The number of pyridine rings is 1. The molecule has 190 valence electrons. The van der Waals surface area contributed by atoms with E-state index < -0.39 is 17.3 Å². The Balaban J connectivity index is 1.74. The number of aryl methyl sites for hydroxylation is 1. The summed E-state index contributed by atoms with van der Waals surface area (Å²) >= 11 is -0.0793. The zero-order valence-electron chi connectivity index (χ0n) is 20.6. The molecule has 1 atom stereocenters. The van der Waals surface area contributed by atoms with Gasteiger partial charge in [-0.2, -0.15) is 5.10 Å². The Kier molecular flexibility index (Phi) is 6.71. The lowest BCUT2D eigenvalue weighted by Gasteiger charge is -2.17. The van der Waals surface area contributed by atoms with Gasteiger partial charge in [0.2, 0.25) is 0 Å². The number of benzene rings is 1. The summed E-state index contributed by atoms with van der Waals surface area (Å²) in [6.07, 6.45) is 5.80. The highest BCUT2D eigenvalue weighted by molar-refractivity contribution is 7.90. The summed E-state index contributed by atoms with van der Waals surface area (Å²) in [6.45, 7) is 0. The second-order valence-electron chi connectivity index (χ2n) is 8.58. The highest BCUT2D eigenvalue weighted by Gasteiger charge is 2.32. The lowest BCUT2D eigenvalue weighted by Crippen LogP contribution is -2.22. The molecule has 0 aliphatic heterocycles. The smallest absolute Gasteiger partial charge is 0.413 e. The minimum absolute atomic E-state index is 0.180. The van der Waals surface area contributed by atoms with E-state index in [-0.39, 0.29) is 5.91 Å². The van der Waals surface area contributed by atoms with E-state index in [1.54, 1.807) is 55.6 Å². The summed E-state index contributed by atoms with van der Waals surface area (Å²) in [5, 5.41) is 8.06. The van der Waals surface area contributed by atoms with Crippen molar-refractivity contribution in [1.29, 1.82) is 0 Å². The SMILES string of the molecule is COC(=O)Nc1nc2c(s1)-c1c(c(-c3cccnc3)nn1-c1ccc(C(=O)N(C)C)cc1[S+](C)[O-])CC2. The zero-order valence-corrected chi connectivity index (χ0v) is 22.3. The summed E-state index contributed by atoms with van der Waals surface area (Å²) in [7, 11) is 4.65. The first-order valence-electron chi connectivity index (χ1n) is 11.3. The van der Waals surface area contributed by atoms with Crippen LogP contribution in [0.4, 0.5) is 9.93 Å². The maximum atomic E-state index is 12.9. The molecule has 0 saturated heterocycles. The van der Waals surface area contributed by atoms with Gasteiger partial charge in [-0.3, -0.25) is 15.1 Å². The van der Waals surface area contributed by atoms with Crippen molar-refractivity contribution in [1.82, 2.24) is 24.6 Å². The first-order chi connectivity index (χ1) is 17.8. The van der Waals surface area contributed by atoms with E-state index in [0.717, 1.165) is 33.1 Å². The van der Waals surface area contributed by atoms with Crippen molar-refractivity contribution in [2.75, 3.05) is 32.8 Å². The van der Waals surface area contributed by atoms with Gasteiger partial charge in [0.1, 0.15) is 11.9 Å². The number of methoxy groups -OCH3 is 1. The number of amides is 2. The molecule has 0 bridgehead atoms. The fraction of sp³-hybridized carbons (Fsp3) is 0.240. The highest BCUT2D eigenvalue weighted by Crippen LogP contribution is 2.44. The Morgan fingerprint density at radius 1 is 1.24 bits per heavy atom. The quantitative estimate of drug-likeness (QED) is 0.385. The Morgan fingerprint density at radius 2 is 2.05 bits per heavy atom. The molecule has 3 heterocycles. The third-order valence-electron chi connectivity index (χ3n) is 5.99. The molecule has 0 fully saturated rings. The number of carbonyl (C=O) groups excluding carboxylic acids is 2. The molecule has 1 N–H and O–H groups in total. The molecular weight excluding hydrogens is 512 g/mol. The molecule has 5 rings (SSSR count). The molecule has 0 radical (unpaired) electrons. The van der Waals surface area contributed by atoms with Gasteiger partial charge < -0.3 is 14.2 Å². The molecule has 10 nitrogen and oxygen atoms in total. The second kappa shape index (κ2) is 9.96. The van der Waals surface area contributed by atoms with Crippen LogP contribution in [0.2, 0.25) is 0 Å². The predicted octanol–water partition coefficient (Wildman–Crippen LogP) is 3.77. The van der Waals surface area contributed by atoms with E-state index in [0.29, 0.717) is 34.1 Å². The number of aromatic nitrogens is 4. The van der Waals surface area contributed by atoms with Crippen molar-refractivity contribution in [3.63, 3.8) is 0 Å². The van der Waals surface area contributed by atoms with Gasteiger partial charge >= 0.3 is 6.09 Å². The fourth-order valence-corrected chi connectivity index (χ4v) is 6.08. The molecule has 4 aromatic rings. The van der Waals surface area contributed by atoms with Gasteiger partial charge in [0.15, 0.2) is 10.0 Å². The third kappa shape index (κ3) is 4.59. The number of hydrogen-bond donors (Lipinski definition) is 1. The lowest BCUT2D eigenvalue weighted by molar-refractivity contribution is 0.0827. The van der Waals surface area contributed by atoms with Crippen molar-refractivity contribution < 1.29 is 18.9 Å². The molecule has 2 amide bonds. The van der Waals surface area contributed by atoms with Crippen LogP contribution in [-0.4, -0.2) is 68.7 Å². The Bertz CT molecular complexity index is 1500. The van der Waals surface area contributed by atoms with Gasteiger partial charge in [-0.15, -0.1) is 0 Å². The number of nitrogens with one attached hydrogen (secondary N) is 1. The number of nitrogens with zero attached hydrogens (tertiary/aromatic N) is 5. The number of hydrogen-bond acceptors (Lipinski definition) is 8. The fourth-order valence-electron chi connectivity index (χ4n) is 4.28. The lowest BCUT2D eigenvalue weighted by atomic mass is 9.95. The van der Waals surface area contributed by atoms with Crippen molar-refractivity contribution in [3.8, 4) is 27.5 Å². The van der Waals surface area contributed by atoms with Crippen LogP contribution < -0.4 is 5.32 Å². The number of ether oxygens (including phenoxy) is 1. The van der Waals surface area contributed by atoms with Crippen LogP contribution in [0.3, 0.4) is 0 Å². The average molecular weight is 537 g/mol. The van der Waals surface area contributed by atoms with E-state index >= 15 is 0 Å². The molecular formula is C25H24N6O4S2. The van der Waals surface area contributed by atoms with Crippen LogP contribution >= 0.6 is 11.3 Å². The summed E-state index contributed by atoms with van der Waals surface area (Å²) in [4.78, 5) is 36.1. The van der Waals surface area contributed by atoms with Gasteiger partial charge in [0.05, 0.1) is 29.1 Å².